The summed E-state index contributed by atoms with van der Waals surface area (Å²) in [6.45, 7) is 0.951. The van der Waals surface area contributed by atoms with Crippen molar-refractivity contribution >= 4 is 22.6 Å². The van der Waals surface area contributed by atoms with Gasteiger partial charge in [-0.2, -0.15) is 0 Å². The first-order valence-electron chi connectivity index (χ1n) is 7.29. The van der Waals surface area contributed by atoms with Crippen molar-refractivity contribution in [2.24, 2.45) is 5.92 Å². The number of aliphatic carboxylic acids is 1. The van der Waals surface area contributed by atoms with E-state index in [1.54, 1.807) is 35.2 Å². The average molecular weight is 299 g/mol. The van der Waals surface area contributed by atoms with E-state index in [9.17, 15) is 14.7 Å². The number of nitrogens with zero attached hydrogens (tertiary/aromatic N) is 1. The number of hydrogen-bond acceptors (Lipinski definition) is 3. The number of fused-ring (bicyclic) bond motifs is 1. The van der Waals surface area contributed by atoms with Crippen LogP contribution in [0.5, 0.6) is 5.75 Å². The molecule has 0 saturated carbocycles. The highest BCUT2D eigenvalue weighted by Crippen LogP contribution is 2.23. The van der Waals surface area contributed by atoms with E-state index in [1.807, 2.05) is 6.07 Å². The number of rotatable bonds is 2. The van der Waals surface area contributed by atoms with Crippen LogP contribution in [0.4, 0.5) is 0 Å². The quantitative estimate of drug-likeness (QED) is 0.893. The standard InChI is InChI=1S/C17H17NO4/c19-15-4-3-12-9-14(2-1-13(12)10-15)16(20)18-7-5-11(6-8-18)17(21)22/h1-4,9-11,19H,5-8H2,(H,21,22). The third kappa shape index (κ3) is 2.74. The first kappa shape index (κ1) is 14.4. The summed E-state index contributed by atoms with van der Waals surface area (Å²) in [6, 6.07) is 10.4. The topological polar surface area (TPSA) is 77.8 Å². The van der Waals surface area contributed by atoms with Gasteiger partial charge in [0.15, 0.2) is 0 Å². The summed E-state index contributed by atoms with van der Waals surface area (Å²) in [7, 11) is 0. The van der Waals surface area contributed by atoms with Gasteiger partial charge in [-0.25, -0.2) is 0 Å². The number of carboxylic acids is 1. The molecule has 114 valence electrons. The second-order valence-electron chi connectivity index (χ2n) is 5.65. The molecule has 0 bridgehead atoms. The Labute approximate surface area is 127 Å². The van der Waals surface area contributed by atoms with Crippen LogP contribution in [-0.4, -0.2) is 40.1 Å². The fourth-order valence-electron chi connectivity index (χ4n) is 2.88. The number of likely N-dealkylation sites (tertiary alicyclic amines) is 1. The number of carbonyl (C=O) groups excluding carboxylic acids is 1. The Morgan fingerprint density at radius 3 is 2.32 bits per heavy atom. The smallest absolute Gasteiger partial charge is 0.306 e. The van der Waals surface area contributed by atoms with Gasteiger partial charge in [0.05, 0.1) is 5.92 Å². The van der Waals surface area contributed by atoms with Gasteiger partial charge in [0, 0.05) is 18.7 Å². The summed E-state index contributed by atoms with van der Waals surface area (Å²) >= 11 is 0. The van der Waals surface area contributed by atoms with Crippen LogP contribution in [0.25, 0.3) is 10.8 Å². The number of carboxylic acid groups (broad SMARTS) is 1. The van der Waals surface area contributed by atoms with E-state index in [-0.39, 0.29) is 17.6 Å². The lowest BCUT2D eigenvalue weighted by molar-refractivity contribution is -0.143. The number of carbonyl (C=O) groups is 2. The van der Waals surface area contributed by atoms with Crippen molar-refractivity contribution < 1.29 is 19.8 Å². The number of piperidine rings is 1. The lowest BCUT2D eigenvalue weighted by atomic mass is 9.96. The summed E-state index contributed by atoms with van der Waals surface area (Å²) in [5.74, 6) is -0.998. The molecule has 1 heterocycles. The second-order valence-corrected chi connectivity index (χ2v) is 5.65. The van der Waals surface area contributed by atoms with Gasteiger partial charge < -0.3 is 15.1 Å². The van der Waals surface area contributed by atoms with E-state index in [2.05, 4.69) is 0 Å². The van der Waals surface area contributed by atoms with E-state index in [0.29, 0.717) is 31.5 Å². The molecule has 5 nitrogen and oxygen atoms in total. The zero-order valence-corrected chi connectivity index (χ0v) is 12.0. The SMILES string of the molecule is O=C(O)C1CCN(C(=O)c2ccc3cc(O)ccc3c2)CC1. The Morgan fingerprint density at radius 1 is 1.00 bits per heavy atom. The van der Waals surface area contributed by atoms with Crippen molar-refractivity contribution in [2.75, 3.05) is 13.1 Å². The molecule has 1 aliphatic heterocycles. The van der Waals surface area contributed by atoms with E-state index in [1.165, 1.54) is 0 Å². The first-order chi connectivity index (χ1) is 10.5. The maximum absolute atomic E-state index is 12.5. The normalized spacial score (nSPS) is 15.9. The number of hydrogen-bond donors (Lipinski definition) is 2. The molecule has 1 fully saturated rings. The number of amides is 1. The molecule has 5 heteroatoms. The molecule has 22 heavy (non-hydrogen) atoms. The van der Waals surface area contributed by atoms with Crippen molar-refractivity contribution in [2.45, 2.75) is 12.8 Å². The molecule has 2 N–H and O–H groups in total. The average Bonchev–Trinajstić information content (AvgIpc) is 2.53. The molecule has 1 aliphatic rings. The third-order valence-electron chi connectivity index (χ3n) is 4.20. The number of benzene rings is 2. The predicted octanol–water partition coefficient (Wildman–Crippen LogP) is 2.48. The minimum absolute atomic E-state index is 0.0705. The number of phenols is 1. The lowest BCUT2D eigenvalue weighted by Crippen LogP contribution is -2.40. The Balaban J connectivity index is 1.78. The van der Waals surface area contributed by atoms with Crippen LogP contribution >= 0.6 is 0 Å². The minimum atomic E-state index is -0.780. The molecule has 1 amide bonds. The second kappa shape index (κ2) is 5.67. The molecule has 0 unspecified atom stereocenters. The Kier molecular flexibility index (Phi) is 3.71. The highest BCUT2D eigenvalue weighted by Gasteiger charge is 2.27. The molecule has 0 aliphatic carbocycles. The number of aromatic hydroxyl groups is 1. The van der Waals surface area contributed by atoms with Gasteiger partial charge in [-0.05, 0) is 47.9 Å². The molecule has 0 radical (unpaired) electrons. The zero-order valence-electron chi connectivity index (χ0n) is 12.0. The van der Waals surface area contributed by atoms with Crippen molar-refractivity contribution in [3.63, 3.8) is 0 Å². The predicted molar refractivity (Wildman–Crippen MR) is 81.9 cm³/mol. The van der Waals surface area contributed by atoms with Gasteiger partial charge in [-0.15, -0.1) is 0 Å². The van der Waals surface area contributed by atoms with Gasteiger partial charge in [-0.1, -0.05) is 12.1 Å². The van der Waals surface area contributed by atoms with Crippen molar-refractivity contribution in [3.05, 3.63) is 42.0 Å². The van der Waals surface area contributed by atoms with Crippen LogP contribution < -0.4 is 0 Å². The van der Waals surface area contributed by atoms with Crippen LogP contribution in [0.1, 0.15) is 23.2 Å². The summed E-state index contributed by atoms with van der Waals surface area (Å²) in [4.78, 5) is 25.2. The molecule has 0 atom stereocenters. The minimum Gasteiger partial charge on any atom is -0.508 e. The van der Waals surface area contributed by atoms with E-state index < -0.39 is 5.97 Å². The molecule has 2 aromatic carbocycles. The van der Waals surface area contributed by atoms with E-state index in [0.717, 1.165) is 10.8 Å². The summed E-state index contributed by atoms with van der Waals surface area (Å²) < 4.78 is 0. The highest BCUT2D eigenvalue weighted by atomic mass is 16.4. The lowest BCUT2D eigenvalue weighted by Gasteiger charge is -2.30. The molecular weight excluding hydrogens is 282 g/mol. The zero-order chi connectivity index (χ0) is 15.7. The van der Waals surface area contributed by atoms with Crippen molar-refractivity contribution in [1.82, 2.24) is 4.90 Å². The van der Waals surface area contributed by atoms with Crippen LogP contribution in [0.3, 0.4) is 0 Å². The fourth-order valence-corrected chi connectivity index (χ4v) is 2.88. The summed E-state index contributed by atoms with van der Waals surface area (Å²) in [5.41, 5.74) is 0.590. The maximum atomic E-state index is 12.5. The molecule has 0 aromatic heterocycles. The monoisotopic (exact) mass is 299 g/mol. The molecule has 0 spiro atoms. The highest BCUT2D eigenvalue weighted by molar-refractivity contribution is 5.99. The van der Waals surface area contributed by atoms with Gasteiger partial charge in [0.2, 0.25) is 0 Å². The Bertz CT molecular complexity index is 733. The third-order valence-corrected chi connectivity index (χ3v) is 4.20. The van der Waals surface area contributed by atoms with Crippen molar-refractivity contribution in [3.8, 4) is 5.75 Å². The van der Waals surface area contributed by atoms with Crippen molar-refractivity contribution in [1.29, 1.82) is 0 Å². The van der Waals surface area contributed by atoms with Crippen LogP contribution in [-0.2, 0) is 4.79 Å². The van der Waals surface area contributed by atoms with E-state index >= 15 is 0 Å². The molecule has 2 aromatic rings. The van der Waals surface area contributed by atoms with Gasteiger partial charge in [0.1, 0.15) is 5.75 Å². The Morgan fingerprint density at radius 2 is 1.64 bits per heavy atom. The van der Waals surface area contributed by atoms with Crippen LogP contribution in [0.2, 0.25) is 0 Å². The summed E-state index contributed by atoms with van der Waals surface area (Å²) in [5, 5.41) is 20.2. The number of phenolic OH excluding ortho intramolecular Hbond substituents is 1. The summed E-state index contributed by atoms with van der Waals surface area (Å²) in [6.07, 6.45) is 1.01. The van der Waals surface area contributed by atoms with Gasteiger partial charge in [0.25, 0.3) is 5.91 Å². The van der Waals surface area contributed by atoms with Crippen LogP contribution in [0.15, 0.2) is 36.4 Å². The van der Waals surface area contributed by atoms with E-state index in [4.69, 9.17) is 5.11 Å². The van der Waals surface area contributed by atoms with Gasteiger partial charge >= 0.3 is 5.97 Å². The molecule has 1 saturated heterocycles. The van der Waals surface area contributed by atoms with Gasteiger partial charge in [-0.3, -0.25) is 9.59 Å². The molecule has 3 rings (SSSR count). The fraction of sp³-hybridized carbons (Fsp3) is 0.294. The largest absolute Gasteiger partial charge is 0.508 e. The first-order valence-corrected chi connectivity index (χ1v) is 7.29. The molecular formula is C17H17NO4. The van der Waals surface area contributed by atoms with Crippen LogP contribution in [0, 0.1) is 5.92 Å². The Hall–Kier alpha value is -2.56. The maximum Gasteiger partial charge on any atom is 0.306 e.